The van der Waals surface area contributed by atoms with Gasteiger partial charge in [0.2, 0.25) is 0 Å². The van der Waals surface area contributed by atoms with Gasteiger partial charge in [-0.3, -0.25) is 19.0 Å². The van der Waals surface area contributed by atoms with Crippen molar-refractivity contribution in [2.24, 2.45) is 0 Å². The first-order valence-electron chi connectivity index (χ1n) is 26.2. The van der Waals surface area contributed by atoms with E-state index < -0.39 is 0 Å². The maximum Gasteiger partial charge on any atom is 0.251 e. The molecule has 0 aliphatic carbocycles. The molecule has 4 atom stereocenters. The molecule has 8 heterocycles. The Balaban J connectivity index is 0.000000151. The summed E-state index contributed by atoms with van der Waals surface area (Å²) in [7, 11) is 3.21. The topological polar surface area (TPSA) is 218 Å². The zero-order valence-corrected chi connectivity index (χ0v) is 44.7. The third-order valence-electron chi connectivity index (χ3n) is 15.3. The predicted octanol–water partition coefficient (Wildman–Crippen LogP) is 7.97. The number of amides is 2. The minimum atomic E-state index is -0.187. The lowest BCUT2D eigenvalue weighted by Crippen LogP contribution is -2.24. The van der Waals surface area contributed by atoms with Crippen LogP contribution in [-0.2, 0) is 35.7 Å². The first kappa shape index (κ1) is 49.9. The average molecular weight is 1070 g/mol. The number of aryl methyl sites for hydroxylation is 4. The van der Waals surface area contributed by atoms with Gasteiger partial charge in [0.25, 0.3) is 11.8 Å². The normalized spacial score (nSPS) is 16.6. The van der Waals surface area contributed by atoms with E-state index in [0.29, 0.717) is 29.2 Å². The predicted molar refractivity (Wildman–Crippen MR) is 291 cm³/mol. The number of methoxy groups -OCH3 is 2. The summed E-state index contributed by atoms with van der Waals surface area (Å²) in [5, 5.41) is 38.1. The monoisotopic (exact) mass is 1070 g/mol. The van der Waals surface area contributed by atoms with Crippen LogP contribution >= 0.6 is 0 Å². The van der Waals surface area contributed by atoms with Crippen LogP contribution in [0.4, 0.5) is 0 Å². The van der Waals surface area contributed by atoms with Crippen molar-refractivity contribution in [3.63, 3.8) is 0 Å². The summed E-state index contributed by atoms with van der Waals surface area (Å²) in [5.74, 6) is 1.03. The van der Waals surface area contributed by atoms with Crippen LogP contribution < -0.4 is 20.1 Å². The van der Waals surface area contributed by atoms with Crippen LogP contribution in [0, 0.1) is 27.7 Å². The highest BCUT2D eigenvalue weighted by Crippen LogP contribution is 2.55. The van der Waals surface area contributed by atoms with Crippen LogP contribution in [0.3, 0.4) is 0 Å². The number of carbonyl (C=O) groups excluding carboxylic acids is 2. The molecule has 0 spiro atoms. The molecule has 4 bridgehead atoms. The van der Waals surface area contributed by atoms with Gasteiger partial charge in [0.1, 0.15) is 48.6 Å². The number of nitrogens with zero attached hydrogens (tertiary/aromatic N) is 12. The third-order valence-corrected chi connectivity index (χ3v) is 15.3. The highest BCUT2D eigenvalue weighted by molar-refractivity contribution is 5.95. The Hall–Kier alpha value is -9.66. The fourth-order valence-electron chi connectivity index (χ4n) is 11.5. The Kier molecular flexibility index (Phi) is 12.7. The van der Waals surface area contributed by atoms with Gasteiger partial charge < -0.3 is 29.6 Å². The van der Waals surface area contributed by atoms with Gasteiger partial charge in [0.05, 0.1) is 50.1 Å². The first-order chi connectivity index (χ1) is 39.0. The maximum absolute atomic E-state index is 13.3. The smallest absolute Gasteiger partial charge is 0.251 e. The van der Waals surface area contributed by atoms with Crippen LogP contribution in [0.1, 0.15) is 135 Å². The first-order valence-corrected chi connectivity index (χ1v) is 26.2. The summed E-state index contributed by atoms with van der Waals surface area (Å²) in [6.45, 7) is 10.2. The third kappa shape index (κ3) is 9.12. The maximum atomic E-state index is 13.3. The van der Waals surface area contributed by atoms with Crippen molar-refractivity contribution in [3.05, 3.63) is 235 Å². The molecule has 6 aromatic carbocycles. The lowest BCUT2D eigenvalue weighted by molar-refractivity contribution is 0.0855. The SMILES string of the molecule is COc1ccc(-n2cnnn2)c(CNC(=O)c2ccc3c(c2)C2OC3c3cc(Cn4nc(C)cc4C)ccc32)c1.COc1ccc(-n2cnnn2)c(CNC(=O)c2ccc3c(c2)C2OC3c3ccc(Cn4nc(C)cc4C)cc32)c1. The quantitative estimate of drug-likeness (QED) is 0.106. The molecule has 4 aliphatic rings. The number of fused-ring (bicyclic) bond motifs is 16. The fourth-order valence-corrected chi connectivity index (χ4v) is 11.5. The van der Waals surface area contributed by atoms with Crippen molar-refractivity contribution in [3.8, 4) is 22.9 Å². The summed E-state index contributed by atoms with van der Waals surface area (Å²) in [5.41, 5.74) is 20.1. The molecule has 4 unspecified atom stereocenters. The van der Waals surface area contributed by atoms with E-state index in [1.807, 2.05) is 96.0 Å². The number of ether oxygens (including phenoxy) is 4. The minimum absolute atomic E-state index is 0.106. The minimum Gasteiger partial charge on any atom is -0.497 e. The summed E-state index contributed by atoms with van der Waals surface area (Å²) in [6, 6.07) is 40.0. The van der Waals surface area contributed by atoms with Gasteiger partial charge in [-0.1, -0.05) is 48.5 Å². The van der Waals surface area contributed by atoms with Crippen molar-refractivity contribution in [2.75, 3.05) is 14.2 Å². The molecular formula is C60H54N14O6. The summed E-state index contributed by atoms with van der Waals surface area (Å²) in [6.07, 6.45) is 2.45. The molecule has 14 rings (SSSR count). The molecule has 20 heteroatoms. The number of hydrogen-bond donors (Lipinski definition) is 2. The Morgan fingerprint density at radius 3 is 1.27 bits per heavy atom. The second-order valence-corrected chi connectivity index (χ2v) is 20.4. The Labute approximate surface area is 459 Å². The van der Waals surface area contributed by atoms with Gasteiger partial charge in [0.15, 0.2) is 0 Å². The largest absolute Gasteiger partial charge is 0.497 e. The molecule has 0 fully saturated rings. The number of nitrogens with one attached hydrogen (secondary N) is 2. The number of benzene rings is 6. The highest BCUT2D eigenvalue weighted by Gasteiger charge is 2.44. The van der Waals surface area contributed by atoms with Crippen LogP contribution in [0.15, 0.2) is 134 Å². The van der Waals surface area contributed by atoms with Gasteiger partial charge in [-0.25, -0.2) is 9.36 Å². The lowest BCUT2D eigenvalue weighted by atomic mass is 9.84. The van der Waals surface area contributed by atoms with Crippen LogP contribution in [-0.4, -0.2) is 86.0 Å². The lowest BCUT2D eigenvalue weighted by Gasteiger charge is -2.18. The standard InChI is InChI=1S/2C30H27N7O3/c1-17-10-18(2)36(33-17)15-19-4-7-23-25(11-19)28-24-8-5-20(13-26(24)29(23)40-28)30(38)31-14-21-12-22(39-3)6-9-27(21)37-16-32-34-35-37;1-17-10-18(2)36(33-17)15-19-4-7-23-25(11-19)29-26-13-20(5-8-24(26)28(23)40-29)30(38)31-14-21-12-22(39-3)6-9-27(21)37-16-32-34-35-37/h2*4-13,16,28-29H,14-15H2,1-3H3,(H,31,38). The summed E-state index contributed by atoms with van der Waals surface area (Å²) >= 11 is 0. The van der Waals surface area contributed by atoms with Gasteiger partial charge in [-0.15, -0.1) is 10.2 Å². The number of tetrazole rings is 2. The van der Waals surface area contributed by atoms with E-state index in [4.69, 9.17) is 18.9 Å². The number of aromatic nitrogens is 12. The van der Waals surface area contributed by atoms with Crippen molar-refractivity contribution in [2.45, 2.75) is 78.3 Å². The Morgan fingerprint density at radius 1 is 0.487 bits per heavy atom. The number of hydrogen-bond acceptors (Lipinski definition) is 14. The van der Waals surface area contributed by atoms with Gasteiger partial charge >= 0.3 is 0 Å². The van der Waals surface area contributed by atoms with Crippen molar-refractivity contribution < 1.29 is 28.5 Å². The number of rotatable bonds is 14. The average Bonchev–Trinajstić information content (AvgIpc) is 4.51. The number of carbonyl (C=O) groups is 2. The van der Waals surface area contributed by atoms with Crippen molar-refractivity contribution in [1.82, 2.24) is 70.6 Å². The zero-order valence-electron chi connectivity index (χ0n) is 44.7. The van der Waals surface area contributed by atoms with Gasteiger partial charge in [-0.05, 0) is 177 Å². The van der Waals surface area contributed by atoms with E-state index in [1.165, 1.54) is 34.9 Å². The van der Waals surface area contributed by atoms with Gasteiger partial charge in [-0.2, -0.15) is 10.2 Å². The van der Waals surface area contributed by atoms with E-state index in [-0.39, 0.29) is 49.3 Å². The van der Waals surface area contributed by atoms with Crippen molar-refractivity contribution >= 4 is 11.8 Å². The molecule has 0 radical (unpaired) electrons. The van der Waals surface area contributed by atoms with Crippen molar-refractivity contribution in [1.29, 1.82) is 0 Å². The van der Waals surface area contributed by atoms with E-state index in [9.17, 15) is 9.59 Å². The molecule has 10 aromatic rings. The fraction of sp³-hybridized carbons (Fsp3) is 0.233. The molecule has 0 saturated carbocycles. The summed E-state index contributed by atoms with van der Waals surface area (Å²) < 4.78 is 30.7. The summed E-state index contributed by atoms with van der Waals surface area (Å²) in [4.78, 5) is 26.5. The molecule has 400 valence electrons. The molecule has 20 nitrogen and oxygen atoms in total. The molecule has 0 saturated heterocycles. The molecule has 4 aliphatic heterocycles. The molecule has 4 aromatic heterocycles. The van der Waals surface area contributed by atoms with E-state index in [2.05, 4.69) is 114 Å². The second-order valence-electron chi connectivity index (χ2n) is 20.4. The van der Waals surface area contributed by atoms with E-state index in [0.717, 1.165) is 85.2 Å². The molecular weight excluding hydrogens is 1010 g/mol. The zero-order chi connectivity index (χ0) is 54.8. The Bertz CT molecular complexity index is 4040. The molecule has 2 amide bonds. The van der Waals surface area contributed by atoms with Crippen LogP contribution in [0.25, 0.3) is 11.4 Å². The highest BCUT2D eigenvalue weighted by atomic mass is 16.5. The van der Waals surface area contributed by atoms with Gasteiger partial charge in [0, 0.05) is 46.7 Å². The molecule has 80 heavy (non-hydrogen) atoms. The van der Waals surface area contributed by atoms with E-state index >= 15 is 0 Å². The Morgan fingerprint density at radius 2 is 0.887 bits per heavy atom. The van der Waals surface area contributed by atoms with E-state index in [1.54, 1.807) is 23.6 Å². The molecule has 2 N–H and O–H groups in total. The van der Waals surface area contributed by atoms with Crippen LogP contribution in [0.2, 0.25) is 0 Å². The van der Waals surface area contributed by atoms with Crippen LogP contribution in [0.5, 0.6) is 11.5 Å². The second kappa shape index (κ2) is 20.3.